The van der Waals surface area contributed by atoms with E-state index in [4.69, 9.17) is 4.98 Å². The van der Waals surface area contributed by atoms with E-state index in [1.165, 1.54) is 25.7 Å². The first-order valence-corrected chi connectivity index (χ1v) is 8.40. The molecule has 9 heteroatoms. The zero-order chi connectivity index (χ0) is 16.6. The third-order valence-electron chi connectivity index (χ3n) is 4.67. The SMILES string of the molecule is c1cc2c(-c3cnn(-c4nn[nH]n4)c3)cc(NC3CCCC3)nc2[nH]1. The number of tetrazole rings is 1. The Kier molecular flexibility index (Phi) is 3.22. The Hall–Kier alpha value is -3.23. The monoisotopic (exact) mass is 335 g/mol. The summed E-state index contributed by atoms with van der Waals surface area (Å²) >= 11 is 0. The van der Waals surface area contributed by atoms with Gasteiger partial charge in [0.1, 0.15) is 11.5 Å². The van der Waals surface area contributed by atoms with E-state index in [-0.39, 0.29) is 0 Å². The lowest BCUT2D eigenvalue weighted by atomic mass is 10.1. The highest BCUT2D eigenvalue weighted by molar-refractivity contribution is 5.94. The van der Waals surface area contributed by atoms with Crippen molar-refractivity contribution in [2.45, 2.75) is 31.7 Å². The van der Waals surface area contributed by atoms with Crippen LogP contribution in [0.4, 0.5) is 5.82 Å². The molecule has 1 fully saturated rings. The topological polar surface area (TPSA) is 113 Å². The summed E-state index contributed by atoms with van der Waals surface area (Å²) < 4.78 is 1.60. The first-order chi connectivity index (χ1) is 12.4. The zero-order valence-electron chi connectivity index (χ0n) is 13.5. The van der Waals surface area contributed by atoms with Crippen molar-refractivity contribution >= 4 is 16.9 Å². The van der Waals surface area contributed by atoms with Crippen molar-refractivity contribution in [2.75, 3.05) is 5.32 Å². The Balaban J connectivity index is 1.56. The number of nitrogens with one attached hydrogen (secondary N) is 3. The highest BCUT2D eigenvalue weighted by Gasteiger charge is 2.17. The van der Waals surface area contributed by atoms with Crippen LogP contribution in [0.25, 0.3) is 28.1 Å². The van der Waals surface area contributed by atoms with Gasteiger partial charge in [0, 0.05) is 29.4 Å². The highest BCUT2D eigenvalue weighted by atomic mass is 15.5. The van der Waals surface area contributed by atoms with E-state index in [1.54, 1.807) is 10.9 Å². The molecule has 1 saturated carbocycles. The van der Waals surface area contributed by atoms with Crippen LogP contribution in [0.15, 0.2) is 30.7 Å². The summed E-state index contributed by atoms with van der Waals surface area (Å²) in [5, 5.41) is 22.9. The molecule has 1 aliphatic rings. The third-order valence-corrected chi connectivity index (χ3v) is 4.67. The molecular weight excluding hydrogens is 318 g/mol. The van der Waals surface area contributed by atoms with Gasteiger partial charge in [-0.1, -0.05) is 17.9 Å². The summed E-state index contributed by atoms with van der Waals surface area (Å²) in [7, 11) is 0. The van der Waals surface area contributed by atoms with Crippen LogP contribution in [0.5, 0.6) is 0 Å². The molecule has 25 heavy (non-hydrogen) atoms. The maximum absolute atomic E-state index is 4.71. The number of fused-ring (bicyclic) bond motifs is 1. The maximum Gasteiger partial charge on any atom is 0.290 e. The van der Waals surface area contributed by atoms with Gasteiger partial charge in [-0.05, 0) is 35.8 Å². The Morgan fingerprint density at radius 2 is 2.16 bits per heavy atom. The second kappa shape index (κ2) is 5.69. The Bertz CT molecular complexity index is 992. The van der Waals surface area contributed by atoms with Crippen molar-refractivity contribution in [2.24, 2.45) is 0 Å². The fourth-order valence-corrected chi connectivity index (χ4v) is 3.45. The largest absolute Gasteiger partial charge is 0.367 e. The van der Waals surface area contributed by atoms with E-state index in [0.717, 1.165) is 28.0 Å². The van der Waals surface area contributed by atoms with Crippen LogP contribution in [-0.2, 0) is 0 Å². The Labute approximate surface area is 142 Å². The average molecular weight is 335 g/mol. The highest BCUT2D eigenvalue weighted by Crippen LogP contribution is 2.31. The minimum atomic E-state index is 0.412. The standard InChI is InChI=1S/C16H17N9/c1-2-4-11(3-1)19-14-7-13(12-5-6-17-15(12)20-14)10-8-18-25(9-10)16-21-23-24-22-16/h5-9,11H,1-4H2,(H2,17,19,20)(H,21,22,23,24). The summed E-state index contributed by atoms with van der Waals surface area (Å²) in [5.74, 6) is 1.30. The van der Waals surface area contributed by atoms with Crippen LogP contribution in [0, 0.1) is 0 Å². The van der Waals surface area contributed by atoms with Gasteiger partial charge in [-0.3, -0.25) is 0 Å². The lowest BCUT2D eigenvalue weighted by molar-refractivity contribution is 0.751. The second-order valence-corrected chi connectivity index (χ2v) is 6.31. The second-order valence-electron chi connectivity index (χ2n) is 6.31. The summed E-state index contributed by atoms with van der Waals surface area (Å²) in [6.07, 6.45) is 10.6. The van der Waals surface area contributed by atoms with Crippen LogP contribution in [0.3, 0.4) is 0 Å². The van der Waals surface area contributed by atoms with E-state index in [0.29, 0.717) is 12.0 Å². The van der Waals surface area contributed by atoms with Crippen LogP contribution >= 0.6 is 0 Å². The van der Waals surface area contributed by atoms with Crippen molar-refractivity contribution in [1.82, 2.24) is 40.4 Å². The molecule has 0 radical (unpaired) electrons. The van der Waals surface area contributed by atoms with E-state index in [9.17, 15) is 0 Å². The molecule has 9 nitrogen and oxygen atoms in total. The van der Waals surface area contributed by atoms with Gasteiger partial charge in [-0.2, -0.15) is 10.3 Å². The number of anilines is 1. The molecule has 0 amide bonds. The van der Waals surface area contributed by atoms with Gasteiger partial charge in [0.2, 0.25) is 0 Å². The van der Waals surface area contributed by atoms with E-state index in [1.807, 2.05) is 18.5 Å². The normalized spacial score (nSPS) is 15.2. The van der Waals surface area contributed by atoms with Gasteiger partial charge >= 0.3 is 0 Å². The fraction of sp³-hybridized carbons (Fsp3) is 0.312. The fourth-order valence-electron chi connectivity index (χ4n) is 3.45. The zero-order valence-corrected chi connectivity index (χ0v) is 13.5. The van der Waals surface area contributed by atoms with Crippen LogP contribution in [0.2, 0.25) is 0 Å². The van der Waals surface area contributed by atoms with Crippen molar-refractivity contribution < 1.29 is 0 Å². The van der Waals surface area contributed by atoms with Gasteiger partial charge in [0.25, 0.3) is 5.95 Å². The minimum Gasteiger partial charge on any atom is -0.367 e. The molecular formula is C16H17N9. The van der Waals surface area contributed by atoms with Crippen molar-refractivity contribution in [3.05, 3.63) is 30.7 Å². The van der Waals surface area contributed by atoms with Gasteiger partial charge in [0.05, 0.1) is 6.20 Å². The summed E-state index contributed by atoms with van der Waals surface area (Å²) in [4.78, 5) is 7.92. The number of pyridine rings is 1. The van der Waals surface area contributed by atoms with E-state index in [2.05, 4.69) is 42.1 Å². The van der Waals surface area contributed by atoms with Crippen molar-refractivity contribution in [3.8, 4) is 17.1 Å². The predicted octanol–water partition coefficient (Wildman–Crippen LogP) is 2.28. The molecule has 126 valence electrons. The van der Waals surface area contributed by atoms with E-state index >= 15 is 0 Å². The molecule has 3 N–H and O–H groups in total. The average Bonchev–Trinajstić information content (AvgIpc) is 3.38. The molecule has 0 saturated heterocycles. The molecule has 0 bridgehead atoms. The molecule has 4 aromatic rings. The molecule has 0 atom stereocenters. The number of hydrogen-bond donors (Lipinski definition) is 3. The van der Waals surface area contributed by atoms with Crippen molar-refractivity contribution in [3.63, 3.8) is 0 Å². The molecule has 1 aliphatic carbocycles. The van der Waals surface area contributed by atoms with E-state index < -0.39 is 0 Å². The number of aromatic nitrogens is 8. The van der Waals surface area contributed by atoms with Crippen LogP contribution in [0.1, 0.15) is 25.7 Å². The molecule has 4 heterocycles. The van der Waals surface area contributed by atoms with Crippen molar-refractivity contribution in [1.29, 1.82) is 0 Å². The smallest absolute Gasteiger partial charge is 0.290 e. The molecule has 0 aliphatic heterocycles. The number of H-pyrrole nitrogens is 2. The molecule has 5 rings (SSSR count). The molecule has 4 aromatic heterocycles. The van der Waals surface area contributed by atoms with Gasteiger partial charge in [-0.15, -0.1) is 5.10 Å². The molecule has 0 spiro atoms. The van der Waals surface area contributed by atoms with Crippen LogP contribution in [-0.4, -0.2) is 46.4 Å². The number of nitrogens with zero attached hydrogens (tertiary/aromatic N) is 6. The lowest BCUT2D eigenvalue weighted by Crippen LogP contribution is -2.15. The number of aromatic amines is 2. The first kappa shape index (κ1) is 14.1. The molecule has 0 aromatic carbocycles. The van der Waals surface area contributed by atoms with Crippen LogP contribution < -0.4 is 5.32 Å². The Morgan fingerprint density at radius 3 is 3.00 bits per heavy atom. The first-order valence-electron chi connectivity index (χ1n) is 8.40. The lowest BCUT2D eigenvalue weighted by Gasteiger charge is -2.13. The number of hydrogen-bond acceptors (Lipinski definition) is 6. The maximum atomic E-state index is 4.71. The quantitative estimate of drug-likeness (QED) is 0.527. The third kappa shape index (κ3) is 2.53. The van der Waals surface area contributed by atoms with Gasteiger partial charge < -0.3 is 10.3 Å². The molecule has 0 unspecified atom stereocenters. The van der Waals surface area contributed by atoms with Gasteiger partial charge in [-0.25, -0.2) is 9.67 Å². The summed E-state index contributed by atoms with van der Waals surface area (Å²) in [6, 6.07) is 4.63. The van der Waals surface area contributed by atoms with Gasteiger partial charge in [0.15, 0.2) is 0 Å². The predicted molar refractivity (Wildman–Crippen MR) is 92.3 cm³/mol. The number of rotatable bonds is 4. The minimum absolute atomic E-state index is 0.412. The summed E-state index contributed by atoms with van der Waals surface area (Å²) in [5.41, 5.74) is 2.91. The Morgan fingerprint density at radius 1 is 1.24 bits per heavy atom. The summed E-state index contributed by atoms with van der Waals surface area (Å²) in [6.45, 7) is 0.